The van der Waals surface area contributed by atoms with Crippen LogP contribution in [0.5, 0.6) is 0 Å². The predicted octanol–water partition coefficient (Wildman–Crippen LogP) is 2.39. The van der Waals surface area contributed by atoms with Crippen LogP contribution in [0.15, 0.2) is 29.3 Å². The van der Waals surface area contributed by atoms with E-state index in [1.807, 2.05) is 4.72 Å². The number of carbonyl (C=O) groups excluding carboxylic acids is 1. The highest BCUT2D eigenvalue weighted by Gasteiger charge is 2.41. The molecule has 1 aromatic rings. The van der Waals surface area contributed by atoms with Crippen molar-refractivity contribution in [2.24, 2.45) is 5.92 Å². The lowest BCUT2D eigenvalue weighted by molar-refractivity contribution is -0.120. The molecule has 0 fully saturated rings. The van der Waals surface area contributed by atoms with Gasteiger partial charge in [-0.25, -0.2) is 26.3 Å². The summed E-state index contributed by atoms with van der Waals surface area (Å²) in [7, 11) is -2.66. The molecule has 0 saturated heterocycles. The Morgan fingerprint density at radius 1 is 1.38 bits per heavy atom. The number of alkyl halides is 2. The molecular formula is C15H17ClF3N3O3S. The van der Waals surface area contributed by atoms with E-state index in [4.69, 9.17) is 11.6 Å². The lowest BCUT2D eigenvalue weighted by Gasteiger charge is -2.24. The Labute approximate surface area is 154 Å². The molecule has 1 aliphatic heterocycles. The number of halogens is 4. The van der Waals surface area contributed by atoms with Gasteiger partial charge in [0.1, 0.15) is 11.9 Å². The summed E-state index contributed by atoms with van der Waals surface area (Å²) in [5, 5.41) is 2.36. The largest absolute Gasteiger partial charge is 0.367 e. The van der Waals surface area contributed by atoms with Crippen LogP contribution in [0.1, 0.15) is 6.92 Å². The fourth-order valence-electron chi connectivity index (χ4n) is 2.68. The van der Waals surface area contributed by atoms with Crippen molar-refractivity contribution in [3.05, 3.63) is 40.1 Å². The van der Waals surface area contributed by atoms with Crippen molar-refractivity contribution in [1.29, 1.82) is 0 Å². The van der Waals surface area contributed by atoms with Crippen LogP contribution in [-0.4, -0.2) is 45.3 Å². The minimum Gasteiger partial charge on any atom is -0.367 e. The molecule has 1 aromatic carbocycles. The van der Waals surface area contributed by atoms with Gasteiger partial charge in [-0.05, 0) is 18.2 Å². The molecule has 2 rings (SSSR count). The molecular weight excluding hydrogens is 395 g/mol. The van der Waals surface area contributed by atoms with Crippen molar-refractivity contribution in [3.63, 3.8) is 0 Å². The van der Waals surface area contributed by atoms with E-state index >= 15 is 0 Å². The number of hydrogen-bond donors (Lipinski definition) is 2. The Morgan fingerprint density at radius 3 is 2.62 bits per heavy atom. The van der Waals surface area contributed by atoms with Crippen molar-refractivity contribution < 1.29 is 26.4 Å². The first-order valence-corrected chi connectivity index (χ1v) is 9.36. The number of anilines is 1. The Morgan fingerprint density at radius 2 is 2.04 bits per heavy atom. The minimum atomic E-state index is -4.15. The van der Waals surface area contributed by atoms with E-state index in [1.54, 1.807) is 0 Å². The van der Waals surface area contributed by atoms with E-state index in [-0.39, 0.29) is 15.6 Å². The Bertz CT molecular complexity index is 833. The maximum Gasteiger partial charge on any atom is 0.251 e. The molecule has 1 heterocycles. The second-order valence-electron chi connectivity index (χ2n) is 5.79. The number of sulfonamides is 1. The smallest absolute Gasteiger partial charge is 0.251 e. The van der Waals surface area contributed by atoms with E-state index in [0.717, 1.165) is 6.07 Å². The van der Waals surface area contributed by atoms with Gasteiger partial charge in [0, 0.05) is 24.9 Å². The van der Waals surface area contributed by atoms with Gasteiger partial charge in [-0.15, -0.1) is 0 Å². The number of nitrogens with zero attached hydrogens (tertiary/aromatic N) is 1. The normalized spacial score (nSPS) is 20.4. The van der Waals surface area contributed by atoms with Gasteiger partial charge in [-0.2, -0.15) is 0 Å². The topological polar surface area (TPSA) is 78.5 Å². The summed E-state index contributed by atoms with van der Waals surface area (Å²) in [5.41, 5.74) is 0.245. The summed E-state index contributed by atoms with van der Waals surface area (Å²) >= 11 is 5.66. The van der Waals surface area contributed by atoms with E-state index in [0.29, 0.717) is 0 Å². The van der Waals surface area contributed by atoms with Gasteiger partial charge in [0.25, 0.3) is 6.43 Å². The summed E-state index contributed by atoms with van der Waals surface area (Å²) in [5.74, 6) is -1.97. The van der Waals surface area contributed by atoms with E-state index in [1.165, 1.54) is 37.2 Å². The van der Waals surface area contributed by atoms with Gasteiger partial charge < -0.3 is 10.2 Å². The van der Waals surface area contributed by atoms with Crippen molar-refractivity contribution in [1.82, 2.24) is 9.62 Å². The Kier molecular flexibility index (Phi) is 6.20. The predicted molar refractivity (Wildman–Crippen MR) is 91.8 cm³/mol. The van der Waals surface area contributed by atoms with E-state index < -0.39 is 46.7 Å². The van der Waals surface area contributed by atoms with Gasteiger partial charge in [-0.1, -0.05) is 18.5 Å². The average molecular weight is 412 g/mol. The van der Waals surface area contributed by atoms with Crippen molar-refractivity contribution >= 4 is 33.2 Å². The number of amides is 1. The molecule has 6 nitrogen and oxygen atoms in total. The highest BCUT2D eigenvalue weighted by molar-refractivity contribution is 7.93. The van der Waals surface area contributed by atoms with Crippen LogP contribution in [-0.2, 0) is 14.8 Å². The first-order valence-electron chi connectivity index (χ1n) is 7.50. The highest BCUT2D eigenvalue weighted by atomic mass is 35.5. The maximum absolute atomic E-state index is 13.2. The molecule has 2 N–H and O–H groups in total. The van der Waals surface area contributed by atoms with Crippen molar-refractivity contribution in [2.45, 2.75) is 19.4 Å². The second kappa shape index (κ2) is 7.85. The molecule has 0 radical (unpaired) electrons. The molecule has 0 aromatic heterocycles. The van der Waals surface area contributed by atoms with Crippen LogP contribution in [0, 0.1) is 11.7 Å². The van der Waals surface area contributed by atoms with Crippen molar-refractivity contribution in [2.75, 3.05) is 18.9 Å². The lowest BCUT2D eigenvalue weighted by Crippen LogP contribution is -2.41. The second-order valence-corrected chi connectivity index (χ2v) is 7.97. The van der Waals surface area contributed by atoms with Gasteiger partial charge in [-0.3, -0.25) is 4.79 Å². The summed E-state index contributed by atoms with van der Waals surface area (Å²) in [6, 6.07) is 2.73. The number of hydrogen-bond acceptors (Lipinski definition) is 4. The molecule has 11 heteroatoms. The minimum absolute atomic E-state index is 0.169. The third-order valence-electron chi connectivity index (χ3n) is 3.89. The van der Waals surface area contributed by atoms with Crippen LogP contribution in [0.25, 0.3) is 0 Å². The number of likely N-dealkylation sites (N-methyl/N-ethyl adjacent to an activating group) is 1. The fraction of sp³-hybridized carbons (Fsp3) is 0.400. The molecule has 1 amide bonds. The number of rotatable bonds is 6. The zero-order valence-electron chi connectivity index (χ0n) is 13.8. The standard InChI is InChI=1S/C15H17ClF3N3O3S/c1-8-12(26(24,25)20-6-13(18)19)7-22(2)14(8)15(23)21-9-3-4-11(17)10(16)5-9/h3-5,7-8,13-14,20H,6H2,1-2H3,(H,21,23). The number of carbonyl (C=O) groups is 1. The fourth-order valence-corrected chi connectivity index (χ4v) is 4.30. The van der Waals surface area contributed by atoms with Gasteiger partial charge in [0.05, 0.1) is 16.5 Å². The molecule has 26 heavy (non-hydrogen) atoms. The maximum atomic E-state index is 13.2. The SMILES string of the molecule is CC1C(S(=O)(=O)NCC(F)F)=CN(C)C1C(=O)Nc1ccc(F)c(Cl)c1. The molecule has 144 valence electrons. The first-order chi connectivity index (χ1) is 12.0. The molecule has 0 aliphatic carbocycles. The average Bonchev–Trinajstić information content (AvgIpc) is 2.84. The van der Waals surface area contributed by atoms with Gasteiger partial charge >= 0.3 is 0 Å². The zero-order valence-corrected chi connectivity index (χ0v) is 15.4. The Hall–Kier alpha value is -1.78. The zero-order chi connectivity index (χ0) is 19.6. The van der Waals surface area contributed by atoms with Crippen LogP contribution in [0.4, 0.5) is 18.9 Å². The summed E-state index contributed by atoms with van der Waals surface area (Å²) in [4.78, 5) is 13.7. The molecule has 2 atom stereocenters. The van der Waals surface area contributed by atoms with Crippen LogP contribution >= 0.6 is 11.6 Å². The Balaban J connectivity index is 2.14. The van der Waals surface area contributed by atoms with Gasteiger partial charge in [0.15, 0.2) is 0 Å². The monoisotopic (exact) mass is 411 g/mol. The van der Waals surface area contributed by atoms with Crippen LogP contribution in [0.2, 0.25) is 5.02 Å². The molecule has 0 saturated carbocycles. The molecule has 0 bridgehead atoms. The van der Waals surface area contributed by atoms with Crippen LogP contribution in [0.3, 0.4) is 0 Å². The summed E-state index contributed by atoms with van der Waals surface area (Å²) in [6.07, 6.45) is -1.61. The molecule has 0 spiro atoms. The van der Waals surface area contributed by atoms with E-state index in [2.05, 4.69) is 5.32 Å². The lowest BCUT2D eigenvalue weighted by atomic mass is 10.0. The van der Waals surface area contributed by atoms with E-state index in [9.17, 15) is 26.4 Å². The molecule has 1 aliphatic rings. The summed E-state index contributed by atoms with van der Waals surface area (Å²) in [6.45, 7) is 0.486. The van der Waals surface area contributed by atoms with Crippen LogP contribution < -0.4 is 10.0 Å². The van der Waals surface area contributed by atoms with Crippen molar-refractivity contribution in [3.8, 4) is 0 Å². The summed E-state index contributed by atoms with van der Waals surface area (Å²) < 4.78 is 63.9. The van der Waals surface area contributed by atoms with Gasteiger partial charge in [0.2, 0.25) is 15.9 Å². The quantitative estimate of drug-likeness (QED) is 0.753. The third-order valence-corrected chi connectivity index (χ3v) is 5.82. The number of benzene rings is 1. The molecule has 2 unspecified atom stereocenters. The first kappa shape index (κ1) is 20.5. The third kappa shape index (κ3) is 4.49. The number of nitrogens with one attached hydrogen (secondary N) is 2. The highest BCUT2D eigenvalue weighted by Crippen LogP contribution is 2.31.